The van der Waals surface area contributed by atoms with Gasteiger partial charge in [0.25, 0.3) is 5.69 Å². The molecule has 1 aromatic rings. The monoisotopic (exact) mass is 182 g/mol. The van der Waals surface area contributed by atoms with E-state index in [-0.39, 0.29) is 5.69 Å². The molecule has 0 aliphatic heterocycles. The maximum absolute atomic E-state index is 10.5. The van der Waals surface area contributed by atoms with E-state index < -0.39 is 11.0 Å². The number of rotatable bonds is 3. The summed E-state index contributed by atoms with van der Waals surface area (Å²) in [6, 6.07) is 5.85. The Morgan fingerprint density at radius 1 is 1.54 bits per heavy atom. The predicted molar refractivity (Wildman–Crippen MR) is 46.4 cm³/mol. The molecule has 0 saturated heterocycles. The summed E-state index contributed by atoms with van der Waals surface area (Å²) in [6.07, 6.45) is 0. The van der Waals surface area contributed by atoms with Crippen LogP contribution in [0.4, 0.5) is 5.69 Å². The van der Waals surface area contributed by atoms with Crippen molar-refractivity contribution in [2.75, 3.05) is 0 Å². The van der Waals surface area contributed by atoms with Gasteiger partial charge in [0.05, 0.1) is 11.0 Å². The number of nitrogens with zero attached hydrogens (tertiary/aromatic N) is 1. The highest BCUT2D eigenvalue weighted by molar-refractivity contribution is 5.41. The molecule has 0 heterocycles. The standard InChI is InChI=1S/C8H10N2O3/c1-6(9-11)7-4-2-3-5-8(7)10(12)13/h2-6,9,11H,1H3/t6-/m1/s1. The van der Waals surface area contributed by atoms with Crippen LogP contribution in [0.1, 0.15) is 18.5 Å². The Morgan fingerprint density at radius 3 is 2.69 bits per heavy atom. The third-order valence-corrected chi connectivity index (χ3v) is 1.79. The van der Waals surface area contributed by atoms with Crippen LogP contribution >= 0.6 is 0 Å². The molecular formula is C8H10N2O3. The number of nitrogens with one attached hydrogen (secondary N) is 1. The number of benzene rings is 1. The minimum atomic E-state index is -0.469. The predicted octanol–water partition coefficient (Wildman–Crippen LogP) is 1.63. The zero-order valence-corrected chi connectivity index (χ0v) is 7.10. The highest BCUT2D eigenvalue weighted by Crippen LogP contribution is 2.23. The van der Waals surface area contributed by atoms with Gasteiger partial charge < -0.3 is 5.21 Å². The minimum Gasteiger partial charge on any atom is -0.316 e. The van der Waals surface area contributed by atoms with E-state index in [2.05, 4.69) is 0 Å². The van der Waals surface area contributed by atoms with Gasteiger partial charge >= 0.3 is 0 Å². The molecule has 1 aromatic carbocycles. The Morgan fingerprint density at radius 2 is 2.15 bits per heavy atom. The topological polar surface area (TPSA) is 75.4 Å². The molecule has 2 N–H and O–H groups in total. The molecule has 5 nitrogen and oxygen atoms in total. The molecule has 0 fully saturated rings. The molecule has 0 aromatic heterocycles. The molecule has 0 spiro atoms. The summed E-state index contributed by atoms with van der Waals surface area (Å²) in [5.74, 6) is 0. The number of hydroxylamine groups is 1. The molecule has 0 amide bonds. The van der Waals surface area contributed by atoms with Gasteiger partial charge in [-0.1, -0.05) is 18.2 Å². The fourth-order valence-corrected chi connectivity index (χ4v) is 1.09. The van der Waals surface area contributed by atoms with Crippen molar-refractivity contribution < 1.29 is 10.1 Å². The first-order valence-electron chi connectivity index (χ1n) is 3.79. The van der Waals surface area contributed by atoms with Crippen LogP contribution in [0.2, 0.25) is 0 Å². The Kier molecular flexibility index (Phi) is 2.94. The number of nitro benzene ring substituents is 1. The van der Waals surface area contributed by atoms with Crippen LogP contribution in [0.5, 0.6) is 0 Å². The summed E-state index contributed by atoms with van der Waals surface area (Å²) in [7, 11) is 0. The normalized spacial score (nSPS) is 12.5. The van der Waals surface area contributed by atoms with Gasteiger partial charge in [-0.3, -0.25) is 10.1 Å². The van der Waals surface area contributed by atoms with Crippen LogP contribution in [-0.4, -0.2) is 10.1 Å². The zero-order chi connectivity index (χ0) is 9.84. The van der Waals surface area contributed by atoms with Gasteiger partial charge in [-0.2, -0.15) is 5.48 Å². The Balaban J connectivity index is 3.11. The maximum atomic E-state index is 10.5. The summed E-state index contributed by atoms with van der Waals surface area (Å²) >= 11 is 0. The van der Waals surface area contributed by atoms with Gasteiger partial charge in [0.15, 0.2) is 0 Å². The van der Waals surface area contributed by atoms with Crippen molar-refractivity contribution in [3.63, 3.8) is 0 Å². The molecule has 70 valence electrons. The molecule has 0 saturated carbocycles. The lowest BCUT2D eigenvalue weighted by molar-refractivity contribution is -0.385. The first-order chi connectivity index (χ1) is 6.16. The van der Waals surface area contributed by atoms with Gasteiger partial charge in [0.1, 0.15) is 0 Å². The van der Waals surface area contributed by atoms with E-state index in [4.69, 9.17) is 5.21 Å². The van der Waals surface area contributed by atoms with Gasteiger partial charge in [0, 0.05) is 11.6 Å². The molecule has 0 bridgehead atoms. The van der Waals surface area contributed by atoms with E-state index in [1.807, 2.05) is 5.48 Å². The van der Waals surface area contributed by atoms with Crippen molar-refractivity contribution in [3.8, 4) is 0 Å². The van der Waals surface area contributed by atoms with Gasteiger partial charge in [-0.05, 0) is 6.92 Å². The van der Waals surface area contributed by atoms with Crippen molar-refractivity contribution in [2.24, 2.45) is 0 Å². The van der Waals surface area contributed by atoms with Crippen molar-refractivity contribution in [3.05, 3.63) is 39.9 Å². The molecule has 0 radical (unpaired) electrons. The molecule has 13 heavy (non-hydrogen) atoms. The Bertz CT molecular complexity index is 314. The first kappa shape index (κ1) is 9.63. The lowest BCUT2D eigenvalue weighted by Crippen LogP contribution is -2.14. The summed E-state index contributed by atoms with van der Waals surface area (Å²) in [4.78, 5) is 10.1. The number of hydrogen-bond donors (Lipinski definition) is 2. The van der Waals surface area contributed by atoms with E-state index in [1.54, 1.807) is 25.1 Å². The van der Waals surface area contributed by atoms with Gasteiger partial charge in [-0.15, -0.1) is 0 Å². The summed E-state index contributed by atoms with van der Waals surface area (Å²) < 4.78 is 0. The number of nitro groups is 1. The average Bonchev–Trinajstić information content (AvgIpc) is 2.16. The van der Waals surface area contributed by atoms with Crippen LogP contribution in [0.3, 0.4) is 0 Å². The second-order valence-corrected chi connectivity index (χ2v) is 2.67. The largest absolute Gasteiger partial charge is 0.316 e. The zero-order valence-electron chi connectivity index (χ0n) is 7.10. The molecule has 0 aliphatic rings. The Labute approximate surface area is 75.1 Å². The van der Waals surface area contributed by atoms with Crippen molar-refractivity contribution in [2.45, 2.75) is 13.0 Å². The second kappa shape index (κ2) is 3.97. The quantitative estimate of drug-likeness (QED) is 0.550. The van der Waals surface area contributed by atoms with Gasteiger partial charge in [0.2, 0.25) is 0 Å². The lowest BCUT2D eigenvalue weighted by Gasteiger charge is -2.08. The molecule has 1 rings (SSSR count). The Hall–Kier alpha value is -1.46. The van der Waals surface area contributed by atoms with Crippen LogP contribution in [-0.2, 0) is 0 Å². The molecule has 5 heteroatoms. The average molecular weight is 182 g/mol. The number of para-hydroxylation sites is 1. The summed E-state index contributed by atoms with van der Waals surface area (Å²) in [5, 5.41) is 19.2. The van der Waals surface area contributed by atoms with Crippen molar-refractivity contribution in [1.82, 2.24) is 5.48 Å². The van der Waals surface area contributed by atoms with E-state index in [0.717, 1.165) is 0 Å². The molecular weight excluding hydrogens is 172 g/mol. The van der Waals surface area contributed by atoms with Crippen molar-refractivity contribution >= 4 is 5.69 Å². The SMILES string of the molecule is C[C@@H](NO)c1ccccc1[N+](=O)[O-]. The maximum Gasteiger partial charge on any atom is 0.274 e. The van der Waals surface area contributed by atoms with E-state index in [9.17, 15) is 10.1 Å². The van der Waals surface area contributed by atoms with Crippen LogP contribution < -0.4 is 5.48 Å². The van der Waals surface area contributed by atoms with Crippen LogP contribution in [0, 0.1) is 10.1 Å². The third-order valence-electron chi connectivity index (χ3n) is 1.79. The second-order valence-electron chi connectivity index (χ2n) is 2.67. The van der Waals surface area contributed by atoms with Crippen molar-refractivity contribution in [1.29, 1.82) is 0 Å². The number of hydrogen-bond acceptors (Lipinski definition) is 4. The van der Waals surface area contributed by atoms with E-state index in [1.165, 1.54) is 6.07 Å². The van der Waals surface area contributed by atoms with E-state index >= 15 is 0 Å². The highest BCUT2D eigenvalue weighted by atomic mass is 16.6. The first-order valence-corrected chi connectivity index (χ1v) is 3.79. The minimum absolute atomic E-state index is 0.0107. The highest BCUT2D eigenvalue weighted by Gasteiger charge is 2.16. The summed E-state index contributed by atoms with van der Waals surface area (Å²) in [5.41, 5.74) is 2.45. The molecule has 1 atom stereocenters. The fourth-order valence-electron chi connectivity index (χ4n) is 1.09. The molecule has 0 aliphatic carbocycles. The fraction of sp³-hybridized carbons (Fsp3) is 0.250. The lowest BCUT2D eigenvalue weighted by atomic mass is 10.1. The van der Waals surface area contributed by atoms with E-state index in [0.29, 0.717) is 5.56 Å². The van der Waals surface area contributed by atoms with Gasteiger partial charge in [-0.25, -0.2) is 0 Å². The smallest absolute Gasteiger partial charge is 0.274 e. The van der Waals surface area contributed by atoms with Crippen LogP contribution in [0.25, 0.3) is 0 Å². The third kappa shape index (κ3) is 2.01. The summed E-state index contributed by atoms with van der Waals surface area (Å²) in [6.45, 7) is 1.64. The molecule has 0 unspecified atom stereocenters. The van der Waals surface area contributed by atoms with Crippen LogP contribution in [0.15, 0.2) is 24.3 Å².